The normalized spacial score (nSPS) is 24.4. The first kappa shape index (κ1) is 20.0. The van der Waals surface area contributed by atoms with Crippen molar-refractivity contribution in [3.05, 3.63) is 107 Å². The van der Waals surface area contributed by atoms with Gasteiger partial charge >= 0.3 is 0 Å². The number of epoxide rings is 1. The fraction of sp³-hybridized carbons (Fsp3) is 0.296. The number of aliphatic hydroxyl groups is 1. The van der Waals surface area contributed by atoms with E-state index in [4.69, 9.17) is 14.5 Å². The maximum atomic E-state index is 12.6. The molecular weight excluding hydrogens is 386 g/mol. The van der Waals surface area contributed by atoms with Crippen LogP contribution in [-0.4, -0.2) is 28.8 Å². The lowest BCUT2D eigenvalue weighted by Crippen LogP contribution is -2.49. The van der Waals surface area contributed by atoms with Gasteiger partial charge in [0.05, 0.1) is 5.54 Å². The smallest absolute Gasteiger partial charge is 0.224 e. The van der Waals surface area contributed by atoms with Gasteiger partial charge in [-0.15, -0.1) is 0 Å². The molecule has 1 N–H and O–H groups in total. The van der Waals surface area contributed by atoms with Gasteiger partial charge in [-0.3, -0.25) is 0 Å². The topological polar surface area (TPSA) is 54.4 Å². The van der Waals surface area contributed by atoms with Gasteiger partial charge in [0.15, 0.2) is 5.60 Å². The summed E-state index contributed by atoms with van der Waals surface area (Å²) >= 11 is 0. The quantitative estimate of drug-likeness (QED) is 0.602. The van der Waals surface area contributed by atoms with Crippen molar-refractivity contribution in [2.75, 3.05) is 6.61 Å². The SMILES string of the molecule is Cc1ccc([C@H]2O[C@@]2(C2=NC(C)(C)CO2)C(O)(c2ccccc2)c2ccccc2)cc1. The van der Waals surface area contributed by atoms with Crippen molar-refractivity contribution < 1.29 is 14.6 Å². The van der Waals surface area contributed by atoms with Crippen molar-refractivity contribution in [3.8, 4) is 0 Å². The van der Waals surface area contributed by atoms with Gasteiger partial charge in [-0.1, -0.05) is 90.5 Å². The summed E-state index contributed by atoms with van der Waals surface area (Å²) in [5, 5.41) is 12.6. The number of nitrogens with zero attached hydrogens (tertiary/aromatic N) is 1. The van der Waals surface area contributed by atoms with Gasteiger partial charge in [0.1, 0.15) is 12.7 Å². The molecule has 3 aromatic rings. The summed E-state index contributed by atoms with van der Waals surface area (Å²) < 4.78 is 12.6. The van der Waals surface area contributed by atoms with Crippen LogP contribution < -0.4 is 0 Å². The molecule has 1 saturated heterocycles. The van der Waals surface area contributed by atoms with Gasteiger partial charge in [0.25, 0.3) is 0 Å². The Bertz CT molecular complexity index is 1070. The molecule has 2 aliphatic heterocycles. The van der Waals surface area contributed by atoms with Gasteiger partial charge in [-0.25, -0.2) is 4.99 Å². The maximum absolute atomic E-state index is 12.6. The highest BCUT2D eigenvalue weighted by Crippen LogP contribution is 2.63. The molecule has 3 aromatic carbocycles. The van der Waals surface area contributed by atoms with Crippen LogP contribution in [0.5, 0.6) is 0 Å². The first-order valence-electron chi connectivity index (χ1n) is 10.7. The van der Waals surface area contributed by atoms with E-state index in [-0.39, 0.29) is 11.6 Å². The molecule has 31 heavy (non-hydrogen) atoms. The van der Waals surface area contributed by atoms with E-state index in [9.17, 15) is 5.11 Å². The summed E-state index contributed by atoms with van der Waals surface area (Å²) in [7, 11) is 0. The van der Waals surface area contributed by atoms with Gasteiger partial charge < -0.3 is 14.6 Å². The summed E-state index contributed by atoms with van der Waals surface area (Å²) in [4.78, 5) is 4.87. The van der Waals surface area contributed by atoms with Gasteiger partial charge in [0.2, 0.25) is 11.5 Å². The Kier molecular flexibility index (Phi) is 4.54. The Hall–Kier alpha value is -2.95. The molecular formula is C27H27NO3. The highest BCUT2D eigenvalue weighted by atomic mass is 16.7. The number of aryl methyl sites for hydroxylation is 1. The fourth-order valence-electron chi connectivity index (χ4n) is 4.52. The summed E-state index contributed by atoms with van der Waals surface area (Å²) in [6.07, 6.45) is -0.383. The molecule has 2 aliphatic rings. The Morgan fingerprint density at radius 3 is 1.90 bits per heavy atom. The van der Waals surface area contributed by atoms with Crippen molar-refractivity contribution in [1.29, 1.82) is 0 Å². The molecule has 1 fully saturated rings. The van der Waals surface area contributed by atoms with E-state index in [1.54, 1.807) is 0 Å². The summed E-state index contributed by atoms with van der Waals surface area (Å²) in [6, 6.07) is 27.6. The van der Waals surface area contributed by atoms with E-state index < -0.39 is 11.2 Å². The molecule has 0 aliphatic carbocycles. The summed E-state index contributed by atoms with van der Waals surface area (Å²) in [6.45, 7) is 6.57. The molecule has 0 spiro atoms. The monoisotopic (exact) mass is 413 g/mol. The van der Waals surface area contributed by atoms with Crippen LogP contribution in [0.15, 0.2) is 89.9 Å². The average Bonchev–Trinajstić information content (AvgIpc) is 3.45. The Labute approximate surface area is 183 Å². The first-order chi connectivity index (χ1) is 14.9. The zero-order chi connectivity index (χ0) is 21.7. The van der Waals surface area contributed by atoms with Crippen molar-refractivity contribution in [2.24, 2.45) is 4.99 Å². The molecule has 0 amide bonds. The zero-order valence-corrected chi connectivity index (χ0v) is 18.1. The zero-order valence-electron chi connectivity index (χ0n) is 18.1. The number of hydrogen-bond acceptors (Lipinski definition) is 4. The van der Waals surface area contributed by atoms with E-state index in [0.717, 1.165) is 16.7 Å². The maximum Gasteiger partial charge on any atom is 0.224 e. The third-order valence-electron chi connectivity index (χ3n) is 6.20. The number of rotatable bonds is 5. The third-order valence-corrected chi connectivity index (χ3v) is 6.20. The second-order valence-corrected chi connectivity index (χ2v) is 9.10. The number of benzene rings is 3. The van der Waals surface area contributed by atoms with E-state index >= 15 is 0 Å². The lowest BCUT2D eigenvalue weighted by atomic mass is 9.72. The van der Waals surface area contributed by atoms with Crippen molar-refractivity contribution in [2.45, 2.75) is 43.6 Å². The van der Waals surface area contributed by atoms with Gasteiger partial charge in [0, 0.05) is 0 Å². The largest absolute Gasteiger partial charge is 0.476 e. The summed E-state index contributed by atoms with van der Waals surface area (Å²) in [5.41, 5.74) is 0.640. The second-order valence-electron chi connectivity index (χ2n) is 9.10. The van der Waals surface area contributed by atoms with Crippen LogP contribution >= 0.6 is 0 Å². The van der Waals surface area contributed by atoms with E-state index in [2.05, 4.69) is 31.2 Å². The molecule has 2 heterocycles. The highest BCUT2D eigenvalue weighted by molar-refractivity contribution is 5.93. The lowest BCUT2D eigenvalue weighted by molar-refractivity contribution is 0.0145. The van der Waals surface area contributed by atoms with Crippen LogP contribution in [0.1, 0.15) is 42.2 Å². The van der Waals surface area contributed by atoms with Crippen molar-refractivity contribution in [1.82, 2.24) is 0 Å². The van der Waals surface area contributed by atoms with E-state index in [1.807, 2.05) is 74.5 Å². The molecule has 0 saturated carbocycles. The standard InChI is InChI=1S/C27H27NO3/c1-19-14-16-20(17-15-19)23-27(31-23,24-28-25(2,3)18-30-24)26(29,21-10-6-4-7-11-21)22-12-8-5-9-13-22/h4-17,23,29H,18H2,1-3H3/t23-,27+/m1/s1. The van der Waals surface area contributed by atoms with Crippen molar-refractivity contribution in [3.63, 3.8) is 0 Å². The molecule has 5 rings (SSSR count). The second kappa shape index (κ2) is 7.04. The Morgan fingerprint density at radius 1 is 0.871 bits per heavy atom. The first-order valence-corrected chi connectivity index (χ1v) is 10.7. The van der Waals surface area contributed by atoms with Crippen LogP contribution in [0.4, 0.5) is 0 Å². The predicted molar refractivity (Wildman–Crippen MR) is 121 cm³/mol. The molecule has 0 bridgehead atoms. The molecule has 158 valence electrons. The van der Waals surface area contributed by atoms with Crippen LogP contribution in [0, 0.1) is 6.92 Å². The predicted octanol–water partition coefficient (Wildman–Crippen LogP) is 4.95. The van der Waals surface area contributed by atoms with Crippen LogP contribution in [0.3, 0.4) is 0 Å². The van der Waals surface area contributed by atoms with Crippen molar-refractivity contribution >= 4 is 5.90 Å². The third kappa shape index (κ3) is 3.10. The van der Waals surface area contributed by atoms with Crippen LogP contribution in [-0.2, 0) is 15.1 Å². The summed E-state index contributed by atoms with van der Waals surface area (Å²) in [5.74, 6) is 0.457. The average molecular weight is 414 g/mol. The minimum Gasteiger partial charge on any atom is -0.476 e. The molecule has 0 radical (unpaired) electrons. The molecule has 0 unspecified atom stereocenters. The molecule has 4 nitrogen and oxygen atoms in total. The Balaban J connectivity index is 1.74. The van der Waals surface area contributed by atoms with Crippen LogP contribution in [0.2, 0.25) is 0 Å². The van der Waals surface area contributed by atoms with Gasteiger partial charge in [-0.05, 0) is 37.5 Å². The number of hydrogen-bond donors (Lipinski definition) is 1. The minimum atomic E-state index is -1.48. The lowest BCUT2D eigenvalue weighted by Gasteiger charge is -2.35. The number of aliphatic imine (C=N–C) groups is 1. The number of ether oxygens (including phenoxy) is 2. The molecule has 2 atom stereocenters. The molecule has 4 heteroatoms. The van der Waals surface area contributed by atoms with E-state index in [1.165, 1.54) is 5.56 Å². The minimum absolute atomic E-state index is 0.375. The Morgan fingerprint density at radius 2 is 1.42 bits per heavy atom. The van der Waals surface area contributed by atoms with Crippen LogP contribution in [0.25, 0.3) is 0 Å². The van der Waals surface area contributed by atoms with Gasteiger partial charge in [-0.2, -0.15) is 0 Å². The molecule has 0 aromatic heterocycles. The highest BCUT2D eigenvalue weighted by Gasteiger charge is 2.75. The fourth-order valence-corrected chi connectivity index (χ4v) is 4.52. The van der Waals surface area contributed by atoms with E-state index in [0.29, 0.717) is 12.5 Å².